The minimum atomic E-state index is 0.119. The van der Waals surface area contributed by atoms with Crippen molar-refractivity contribution < 1.29 is 9.63 Å². The number of nitrogens with zero attached hydrogens (tertiary/aromatic N) is 4. The van der Waals surface area contributed by atoms with Gasteiger partial charge in [-0.25, -0.2) is 0 Å². The summed E-state index contributed by atoms with van der Waals surface area (Å²) < 4.78 is 3.23. The highest BCUT2D eigenvalue weighted by molar-refractivity contribution is 9.10. The van der Waals surface area contributed by atoms with E-state index >= 15 is 0 Å². The number of piperidine rings is 2. The van der Waals surface area contributed by atoms with Crippen molar-refractivity contribution in [2.75, 3.05) is 32.8 Å². The van der Waals surface area contributed by atoms with Crippen LogP contribution in [0.2, 0.25) is 0 Å². The molecule has 2 aromatic carbocycles. The second-order valence-electron chi connectivity index (χ2n) is 10.8. The van der Waals surface area contributed by atoms with E-state index in [2.05, 4.69) is 91.8 Å². The predicted molar refractivity (Wildman–Crippen MR) is 158 cm³/mol. The number of amides is 1. The highest BCUT2D eigenvalue weighted by Gasteiger charge is 2.39. The highest BCUT2D eigenvalue weighted by Crippen LogP contribution is 2.34. The Morgan fingerprint density at radius 3 is 2.37 bits per heavy atom. The maximum atomic E-state index is 13.6. The lowest BCUT2D eigenvalue weighted by molar-refractivity contribution is 0.0158. The van der Waals surface area contributed by atoms with Gasteiger partial charge in [0.15, 0.2) is 0 Å². The van der Waals surface area contributed by atoms with Crippen LogP contribution in [-0.2, 0) is 11.4 Å². The van der Waals surface area contributed by atoms with Crippen LogP contribution in [0, 0.1) is 5.92 Å². The summed E-state index contributed by atoms with van der Waals surface area (Å²) in [5.41, 5.74) is 4.28. The Morgan fingerprint density at radius 1 is 1.03 bits per heavy atom. The van der Waals surface area contributed by atoms with E-state index in [1.807, 2.05) is 19.1 Å². The van der Waals surface area contributed by atoms with Gasteiger partial charge >= 0.3 is 0 Å². The average molecular weight is 580 g/mol. The molecule has 2 aliphatic rings. The number of carbonyl (C=O) groups excluding carboxylic acids is 1. The van der Waals surface area contributed by atoms with Crippen LogP contribution < -0.4 is 0 Å². The molecule has 0 aliphatic carbocycles. The minimum Gasteiger partial charge on any atom is -0.396 e. The summed E-state index contributed by atoms with van der Waals surface area (Å²) in [5.74, 6) is 0.551. The lowest BCUT2D eigenvalue weighted by Crippen LogP contribution is -2.56. The first-order valence-corrected chi connectivity index (χ1v) is 14.8. The molecule has 6 nitrogen and oxygen atoms in total. The summed E-state index contributed by atoms with van der Waals surface area (Å²) in [7, 11) is 0. The Morgan fingerprint density at radius 2 is 1.71 bits per heavy atom. The fourth-order valence-electron chi connectivity index (χ4n) is 6.21. The van der Waals surface area contributed by atoms with Crippen molar-refractivity contribution in [1.29, 1.82) is 0 Å². The number of hydrogen-bond donors (Lipinski definition) is 0. The number of carbonyl (C=O) groups is 1. The molecule has 2 fully saturated rings. The van der Waals surface area contributed by atoms with Gasteiger partial charge in [0.25, 0.3) is 5.91 Å². The maximum Gasteiger partial charge on any atom is 0.270 e. The Kier molecular flexibility index (Phi) is 8.24. The lowest BCUT2D eigenvalue weighted by Gasteiger charge is -2.49. The first-order chi connectivity index (χ1) is 18.4. The Labute approximate surface area is 234 Å². The number of halogens is 1. The molecule has 2 aliphatic heterocycles. The number of benzene rings is 2. The summed E-state index contributed by atoms with van der Waals surface area (Å²) in [4.78, 5) is 23.8. The molecule has 0 bridgehead atoms. The number of oxime groups is 1. The van der Waals surface area contributed by atoms with Crippen LogP contribution in [-0.4, -0.2) is 64.3 Å². The third kappa shape index (κ3) is 5.41. The highest BCUT2D eigenvalue weighted by atomic mass is 79.9. The summed E-state index contributed by atoms with van der Waals surface area (Å²) in [6.45, 7) is 11.5. The van der Waals surface area contributed by atoms with Gasteiger partial charge in [-0.3, -0.25) is 9.69 Å². The number of rotatable bonds is 7. The third-order valence-corrected chi connectivity index (χ3v) is 9.08. The van der Waals surface area contributed by atoms with E-state index in [1.165, 1.54) is 0 Å². The molecule has 0 N–H and O–H groups in total. The van der Waals surface area contributed by atoms with Crippen molar-refractivity contribution >= 4 is 38.5 Å². The summed E-state index contributed by atoms with van der Waals surface area (Å²) in [6.07, 6.45) is 4.14. The van der Waals surface area contributed by atoms with Gasteiger partial charge in [-0.15, -0.1) is 0 Å². The first-order valence-electron chi connectivity index (χ1n) is 14.0. The normalized spacial score (nSPS) is 19.2. The topological polar surface area (TPSA) is 50.1 Å². The molecule has 38 heavy (non-hydrogen) atoms. The Hall–Kier alpha value is -2.64. The van der Waals surface area contributed by atoms with E-state index in [1.54, 1.807) is 0 Å². The molecule has 2 saturated heterocycles. The summed E-state index contributed by atoms with van der Waals surface area (Å²) >= 11 is 3.54. The van der Waals surface area contributed by atoms with Crippen LogP contribution in [0.5, 0.6) is 0 Å². The van der Waals surface area contributed by atoms with E-state index in [-0.39, 0.29) is 11.4 Å². The molecule has 3 heterocycles. The molecule has 202 valence electrons. The van der Waals surface area contributed by atoms with Crippen LogP contribution in [0.4, 0.5) is 0 Å². The van der Waals surface area contributed by atoms with E-state index in [9.17, 15) is 4.79 Å². The molecular formula is C31H39BrN4O2. The zero-order valence-electron chi connectivity index (χ0n) is 22.8. The van der Waals surface area contributed by atoms with Gasteiger partial charge in [-0.2, -0.15) is 0 Å². The van der Waals surface area contributed by atoms with Crippen LogP contribution >= 0.6 is 15.9 Å². The largest absolute Gasteiger partial charge is 0.396 e. The quantitative estimate of drug-likeness (QED) is 0.235. The van der Waals surface area contributed by atoms with Crippen molar-refractivity contribution in [3.05, 3.63) is 70.3 Å². The van der Waals surface area contributed by atoms with Gasteiger partial charge in [0.1, 0.15) is 12.3 Å². The fraction of sp³-hybridized carbons (Fsp3) is 0.484. The molecule has 3 aromatic rings. The third-order valence-electron chi connectivity index (χ3n) is 8.55. The zero-order chi connectivity index (χ0) is 26.7. The van der Waals surface area contributed by atoms with Crippen molar-refractivity contribution in [3.8, 4) is 0 Å². The minimum absolute atomic E-state index is 0.119. The second kappa shape index (κ2) is 11.6. The van der Waals surface area contributed by atoms with Crippen LogP contribution in [0.1, 0.15) is 62.5 Å². The number of aryl methyl sites for hydroxylation is 1. The van der Waals surface area contributed by atoms with Crippen molar-refractivity contribution in [2.45, 2.75) is 58.5 Å². The maximum absolute atomic E-state index is 13.6. The van der Waals surface area contributed by atoms with Crippen molar-refractivity contribution in [3.63, 3.8) is 0 Å². The summed E-state index contributed by atoms with van der Waals surface area (Å²) in [6, 6.07) is 18.7. The molecule has 1 aromatic heterocycles. The van der Waals surface area contributed by atoms with E-state index in [4.69, 9.17) is 4.84 Å². The van der Waals surface area contributed by atoms with Crippen LogP contribution in [0.15, 0.2) is 64.2 Å². The van der Waals surface area contributed by atoms with E-state index in [0.29, 0.717) is 12.5 Å². The smallest absolute Gasteiger partial charge is 0.270 e. The van der Waals surface area contributed by atoms with Crippen LogP contribution in [0.25, 0.3) is 10.9 Å². The molecule has 0 radical (unpaired) electrons. The van der Waals surface area contributed by atoms with E-state index < -0.39 is 0 Å². The van der Waals surface area contributed by atoms with Gasteiger partial charge in [0, 0.05) is 46.5 Å². The average Bonchev–Trinajstić information content (AvgIpc) is 3.33. The fourth-order valence-corrected chi connectivity index (χ4v) is 6.47. The van der Waals surface area contributed by atoms with Gasteiger partial charge in [0.05, 0.1) is 5.71 Å². The lowest BCUT2D eigenvalue weighted by atomic mass is 9.82. The van der Waals surface area contributed by atoms with Crippen molar-refractivity contribution in [2.24, 2.45) is 11.1 Å². The second-order valence-corrected chi connectivity index (χ2v) is 11.7. The summed E-state index contributed by atoms with van der Waals surface area (Å²) in [5, 5.41) is 5.68. The molecule has 0 unspecified atom stereocenters. The van der Waals surface area contributed by atoms with Gasteiger partial charge in [0.2, 0.25) is 0 Å². The number of para-hydroxylation sites is 1. The SMILES string of the molecule is CCON=C(c1ccc(Br)cc1)C1CCN(C2(C)CCN(C(=O)c3cc4ccccc4n3CC)CC2)CC1. The zero-order valence-corrected chi connectivity index (χ0v) is 24.4. The molecule has 7 heteroatoms. The standard InChI is InChI=1S/C31H39BrN4O2/c1-4-36-27-9-7-6-8-25(27)22-28(36)30(37)34-20-16-31(3,17-21-34)35-18-14-24(15-19-35)29(33-38-5-2)23-10-12-26(32)13-11-23/h6-13,22,24H,4-5,14-21H2,1-3H3. The van der Waals surface area contributed by atoms with Gasteiger partial charge in [-0.1, -0.05) is 51.4 Å². The predicted octanol–water partition coefficient (Wildman–Crippen LogP) is 6.57. The molecule has 0 spiro atoms. The number of fused-ring (bicyclic) bond motifs is 1. The molecular weight excluding hydrogens is 540 g/mol. The molecule has 0 saturated carbocycles. The first kappa shape index (κ1) is 26.9. The van der Waals surface area contributed by atoms with Crippen LogP contribution in [0.3, 0.4) is 0 Å². The molecule has 5 rings (SSSR count). The molecule has 0 atom stereocenters. The Bertz CT molecular complexity index is 1280. The van der Waals surface area contributed by atoms with Crippen molar-refractivity contribution in [1.82, 2.24) is 14.4 Å². The van der Waals surface area contributed by atoms with Gasteiger partial charge in [-0.05, 0) is 89.4 Å². The Balaban J connectivity index is 1.22. The van der Waals surface area contributed by atoms with Gasteiger partial charge < -0.3 is 14.3 Å². The number of aromatic nitrogens is 1. The van der Waals surface area contributed by atoms with E-state index in [0.717, 1.165) is 90.8 Å². The monoisotopic (exact) mass is 578 g/mol. The number of likely N-dealkylation sites (tertiary alicyclic amines) is 2. The number of hydrogen-bond acceptors (Lipinski definition) is 4. The molecule has 1 amide bonds.